The second kappa shape index (κ2) is 6.49. The Morgan fingerprint density at radius 2 is 1.73 bits per heavy atom. The molecule has 3 atom stereocenters. The summed E-state index contributed by atoms with van der Waals surface area (Å²) >= 11 is 0. The Kier molecular flexibility index (Phi) is 5.62. The van der Waals surface area contributed by atoms with Gasteiger partial charge in [0.25, 0.3) is 0 Å². The third-order valence-electron chi connectivity index (χ3n) is 3.73. The van der Waals surface area contributed by atoms with E-state index in [0.29, 0.717) is 24.1 Å². The first-order chi connectivity index (χ1) is 7.15. The zero-order valence-corrected chi connectivity index (χ0v) is 10.8. The van der Waals surface area contributed by atoms with Gasteiger partial charge >= 0.3 is 0 Å². The normalized spacial score (nSPS) is 30.2. The van der Waals surface area contributed by atoms with Crippen LogP contribution in [-0.4, -0.2) is 25.3 Å². The minimum Gasteiger partial charge on any atom is -0.380 e. The molecule has 0 heterocycles. The highest BCUT2D eigenvalue weighted by molar-refractivity contribution is 4.83. The molecule has 2 nitrogen and oxygen atoms in total. The predicted octanol–water partition coefficient (Wildman–Crippen LogP) is 2.97. The molecule has 1 rings (SSSR count). The molecule has 1 aliphatic carbocycles. The van der Waals surface area contributed by atoms with Crippen LogP contribution in [-0.2, 0) is 4.74 Å². The summed E-state index contributed by atoms with van der Waals surface area (Å²) in [6, 6.07) is 1.15. The van der Waals surface area contributed by atoms with Gasteiger partial charge in [-0.25, -0.2) is 0 Å². The molecule has 1 fully saturated rings. The molecular weight excluding hydrogens is 186 g/mol. The van der Waals surface area contributed by atoms with E-state index in [-0.39, 0.29) is 0 Å². The molecule has 0 bridgehead atoms. The number of nitrogens with one attached hydrogen (secondary N) is 1. The van der Waals surface area contributed by atoms with Gasteiger partial charge in [0.05, 0.1) is 6.10 Å². The van der Waals surface area contributed by atoms with Crippen LogP contribution in [0.5, 0.6) is 0 Å². The fourth-order valence-corrected chi connectivity index (χ4v) is 2.28. The first kappa shape index (κ1) is 13.0. The van der Waals surface area contributed by atoms with Crippen LogP contribution in [0.4, 0.5) is 0 Å². The number of hydrogen-bond donors (Lipinski definition) is 1. The number of rotatable bonds is 4. The molecule has 0 amide bonds. The van der Waals surface area contributed by atoms with Crippen molar-refractivity contribution in [2.75, 3.05) is 7.11 Å². The van der Waals surface area contributed by atoms with E-state index in [1.54, 1.807) is 0 Å². The summed E-state index contributed by atoms with van der Waals surface area (Å²) in [4.78, 5) is 0. The fraction of sp³-hybridized carbons (Fsp3) is 1.00. The van der Waals surface area contributed by atoms with Crippen molar-refractivity contribution in [1.29, 1.82) is 0 Å². The molecule has 2 heteroatoms. The van der Waals surface area contributed by atoms with E-state index in [1.165, 1.54) is 32.1 Å². The molecule has 0 aromatic heterocycles. The van der Waals surface area contributed by atoms with Crippen LogP contribution < -0.4 is 5.32 Å². The molecular formula is C13H27NO. The topological polar surface area (TPSA) is 21.3 Å². The van der Waals surface area contributed by atoms with Gasteiger partial charge in [0, 0.05) is 19.2 Å². The highest BCUT2D eigenvalue weighted by Crippen LogP contribution is 2.21. The lowest BCUT2D eigenvalue weighted by atomic mass is 10.0. The molecule has 0 aromatic rings. The SMILES string of the molecule is COC1CCCCCC1NC(C)C(C)C. The van der Waals surface area contributed by atoms with Gasteiger partial charge in [0.1, 0.15) is 0 Å². The van der Waals surface area contributed by atoms with Crippen LogP contribution in [0.3, 0.4) is 0 Å². The van der Waals surface area contributed by atoms with E-state index in [0.717, 1.165) is 0 Å². The highest BCUT2D eigenvalue weighted by atomic mass is 16.5. The van der Waals surface area contributed by atoms with Crippen molar-refractivity contribution in [3.8, 4) is 0 Å². The number of hydrogen-bond acceptors (Lipinski definition) is 2. The quantitative estimate of drug-likeness (QED) is 0.725. The summed E-state index contributed by atoms with van der Waals surface area (Å²) in [5.41, 5.74) is 0. The van der Waals surface area contributed by atoms with Crippen molar-refractivity contribution in [3.05, 3.63) is 0 Å². The Morgan fingerprint density at radius 1 is 1.07 bits per heavy atom. The van der Waals surface area contributed by atoms with E-state index in [2.05, 4.69) is 26.1 Å². The lowest BCUT2D eigenvalue weighted by molar-refractivity contribution is 0.0576. The van der Waals surface area contributed by atoms with Gasteiger partial charge in [-0.3, -0.25) is 0 Å². The largest absolute Gasteiger partial charge is 0.380 e. The van der Waals surface area contributed by atoms with Crippen molar-refractivity contribution in [3.63, 3.8) is 0 Å². The lowest BCUT2D eigenvalue weighted by Crippen LogP contribution is -2.46. The first-order valence-electron chi connectivity index (χ1n) is 6.44. The molecule has 0 saturated heterocycles. The van der Waals surface area contributed by atoms with Gasteiger partial charge in [0.2, 0.25) is 0 Å². The number of methoxy groups -OCH3 is 1. The van der Waals surface area contributed by atoms with Crippen molar-refractivity contribution in [2.24, 2.45) is 5.92 Å². The van der Waals surface area contributed by atoms with Crippen LogP contribution >= 0.6 is 0 Å². The monoisotopic (exact) mass is 213 g/mol. The Bertz CT molecular complexity index is 170. The first-order valence-corrected chi connectivity index (χ1v) is 6.44. The summed E-state index contributed by atoms with van der Waals surface area (Å²) in [7, 11) is 1.85. The van der Waals surface area contributed by atoms with Crippen LogP contribution in [0.25, 0.3) is 0 Å². The molecule has 0 aliphatic heterocycles. The Morgan fingerprint density at radius 3 is 2.33 bits per heavy atom. The fourth-order valence-electron chi connectivity index (χ4n) is 2.28. The summed E-state index contributed by atoms with van der Waals surface area (Å²) < 4.78 is 5.60. The summed E-state index contributed by atoms with van der Waals surface area (Å²) in [5.74, 6) is 0.700. The van der Waals surface area contributed by atoms with E-state index in [1.807, 2.05) is 7.11 Å². The summed E-state index contributed by atoms with van der Waals surface area (Å²) in [6.45, 7) is 6.83. The maximum absolute atomic E-state index is 5.60. The van der Waals surface area contributed by atoms with Crippen LogP contribution in [0.2, 0.25) is 0 Å². The molecule has 1 aliphatic rings. The van der Waals surface area contributed by atoms with Gasteiger partial charge in [-0.1, -0.05) is 33.1 Å². The number of ether oxygens (including phenoxy) is 1. The lowest BCUT2D eigenvalue weighted by Gasteiger charge is -2.30. The Hall–Kier alpha value is -0.0800. The molecule has 90 valence electrons. The van der Waals surface area contributed by atoms with Gasteiger partial charge in [-0.2, -0.15) is 0 Å². The zero-order valence-electron chi connectivity index (χ0n) is 10.8. The van der Waals surface area contributed by atoms with Gasteiger partial charge in [-0.15, -0.1) is 0 Å². The Balaban J connectivity index is 2.47. The second-order valence-electron chi connectivity index (χ2n) is 5.22. The minimum atomic E-state index is 0.425. The van der Waals surface area contributed by atoms with Crippen molar-refractivity contribution >= 4 is 0 Å². The van der Waals surface area contributed by atoms with E-state index in [4.69, 9.17) is 4.74 Å². The smallest absolute Gasteiger partial charge is 0.0724 e. The highest BCUT2D eigenvalue weighted by Gasteiger charge is 2.25. The van der Waals surface area contributed by atoms with Gasteiger partial charge in [-0.05, 0) is 25.7 Å². The van der Waals surface area contributed by atoms with Crippen LogP contribution in [0.1, 0.15) is 52.9 Å². The average Bonchev–Trinajstić information content (AvgIpc) is 2.42. The van der Waals surface area contributed by atoms with E-state index >= 15 is 0 Å². The third kappa shape index (κ3) is 4.12. The average molecular weight is 213 g/mol. The maximum Gasteiger partial charge on any atom is 0.0724 e. The van der Waals surface area contributed by atoms with Crippen LogP contribution in [0.15, 0.2) is 0 Å². The molecule has 0 aromatic carbocycles. The van der Waals surface area contributed by atoms with Gasteiger partial charge in [0.15, 0.2) is 0 Å². The molecule has 15 heavy (non-hydrogen) atoms. The zero-order chi connectivity index (χ0) is 11.3. The molecule has 0 radical (unpaired) electrons. The van der Waals surface area contributed by atoms with Crippen molar-refractivity contribution in [1.82, 2.24) is 5.32 Å². The maximum atomic E-state index is 5.60. The molecule has 3 unspecified atom stereocenters. The summed E-state index contributed by atoms with van der Waals surface area (Å²) in [6.07, 6.45) is 6.96. The van der Waals surface area contributed by atoms with E-state index in [9.17, 15) is 0 Å². The standard InChI is InChI=1S/C13H27NO/c1-10(2)11(3)14-12-8-6-5-7-9-13(12)15-4/h10-14H,5-9H2,1-4H3. The van der Waals surface area contributed by atoms with Gasteiger partial charge < -0.3 is 10.1 Å². The third-order valence-corrected chi connectivity index (χ3v) is 3.73. The summed E-state index contributed by atoms with van der Waals surface area (Å²) in [5, 5.41) is 3.73. The van der Waals surface area contributed by atoms with E-state index < -0.39 is 0 Å². The predicted molar refractivity (Wildman–Crippen MR) is 65.1 cm³/mol. The molecule has 1 N–H and O–H groups in total. The second-order valence-corrected chi connectivity index (χ2v) is 5.22. The minimum absolute atomic E-state index is 0.425. The van der Waals surface area contributed by atoms with Crippen molar-refractivity contribution in [2.45, 2.75) is 71.1 Å². The van der Waals surface area contributed by atoms with Crippen molar-refractivity contribution < 1.29 is 4.74 Å². The Labute approximate surface area is 94.8 Å². The molecule has 1 saturated carbocycles. The molecule has 0 spiro atoms. The van der Waals surface area contributed by atoms with Crippen LogP contribution in [0, 0.1) is 5.92 Å².